The third-order valence-corrected chi connectivity index (χ3v) is 5.67. The van der Waals surface area contributed by atoms with Gasteiger partial charge in [-0.1, -0.05) is 24.6 Å². The monoisotopic (exact) mass is 283 g/mol. The molecule has 0 spiro atoms. The van der Waals surface area contributed by atoms with Gasteiger partial charge in [-0.05, 0) is 31.2 Å². The number of benzene rings is 1. The Morgan fingerprint density at radius 2 is 2.00 bits per heavy atom. The van der Waals surface area contributed by atoms with Crippen molar-refractivity contribution in [3.63, 3.8) is 0 Å². The van der Waals surface area contributed by atoms with Crippen molar-refractivity contribution in [3.8, 4) is 0 Å². The molecule has 0 bridgehead atoms. The van der Waals surface area contributed by atoms with Gasteiger partial charge in [0.1, 0.15) is 9.84 Å². The minimum Gasteiger partial charge on any atom is -0.398 e. The highest BCUT2D eigenvalue weighted by Crippen LogP contribution is 2.38. The first kappa shape index (κ1) is 14.3. The molecule has 1 aliphatic carbocycles. The number of hydrogen-bond acceptors (Lipinski definition) is 4. The zero-order valence-electron chi connectivity index (χ0n) is 11.1. The van der Waals surface area contributed by atoms with Crippen LogP contribution in [0.3, 0.4) is 0 Å². The fourth-order valence-electron chi connectivity index (χ4n) is 2.89. The van der Waals surface area contributed by atoms with Gasteiger partial charge in [0.2, 0.25) is 0 Å². The molecule has 5 heteroatoms. The van der Waals surface area contributed by atoms with E-state index in [0.717, 1.165) is 12.8 Å². The van der Waals surface area contributed by atoms with Crippen LogP contribution in [0.4, 0.5) is 5.69 Å². The number of hydrogen-bond donors (Lipinski definition) is 2. The number of sulfone groups is 1. The molecule has 1 fully saturated rings. The molecule has 1 aromatic carbocycles. The SMILES string of the molecule is CS(=O)(=O)C1CCCC(C(O)c2ccccc2N)C1. The van der Waals surface area contributed by atoms with Crippen LogP contribution in [0.5, 0.6) is 0 Å². The fraction of sp³-hybridized carbons (Fsp3) is 0.571. The van der Waals surface area contributed by atoms with Crippen LogP contribution in [0.25, 0.3) is 0 Å². The number of nitrogens with two attached hydrogens (primary N) is 1. The molecular formula is C14H21NO3S. The standard InChI is InChI=1S/C14H21NO3S/c1-19(17,18)11-6-4-5-10(9-11)14(16)12-7-2-3-8-13(12)15/h2-3,7-8,10-11,14,16H,4-6,9,15H2,1H3. The number of aliphatic hydroxyl groups excluding tert-OH is 1. The lowest BCUT2D eigenvalue weighted by Gasteiger charge is -2.31. The second kappa shape index (κ2) is 5.51. The van der Waals surface area contributed by atoms with E-state index in [2.05, 4.69) is 0 Å². The maximum Gasteiger partial charge on any atom is 0.150 e. The Kier molecular flexibility index (Phi) is 4.16. The summed E-state index contributed by atoms with van der Waals surface area (Å²) in [5, 5.41) is 10.1. The van der Waals surface area contributed by atoms with E-state index in [4.69, 9.17) is 5.73 Å². The Labute approximate surface area is 114 Å². The highest BCUT2D eigenvalue weighted by molar-refractivity contribution is 7.91. The van der Waals surface area contributed by atoms with E-state index in [9.17, 15) is 13.5 Å². The van der Waals surface area contributed by atoms with E-state index < -0.39 is 15.9 Å². The van der Waals surface area contributed by atoms with Crippen LogP contribution < -0.4 is 5.73 Å². The van der Waals surface area contributed by atoms with Gasteiger partial charge in [0.25, 0.3) is 0 Å². The smallest absolute Gasteiger partial charge is 0.150 e. The Morgan fingerprint density at radius 3 is 2.63 bits per heavy atom. The summed E-state index contributed by atoms with van der Waals surface area (Å²) in [5.74, 6) is -0.0295. The summed E-state index contributed by atoms with van der Waals surface area (Å²) >= 11 is 0. The van der Waals surface area contributed by atoms with Gasteiger partial charge in [-0.25, -0.2) is 8.42 Å². The molecule has 1 aromatic rings. The van der Waals surface area contributed by atoms with Crippen LogP contribution in [-0.2, 0) is 9.84 Å². The molecular weight excluding hydrogens is 262 g/mol. The van der Waals surface area contributed by atoms with Gasteiger partial charge >= 0.3 is 0 Å². The summed E-state index contributed by atoms with van der Waals surface area (Å²) in [7, 11) is -3.03. The Balaban J connectivity index is 2.16. The van der Waals surface area contributed by atoms with Crippen LogP contribution in [-0.4, -0.2) is 25.0 Å². The summed E-state index contributed by atoms with van der Waals surface area (Å²) in [4.78, 5) is 0. The number of para-hydroxylation sites is 1. The largest absolute Gasteiger partial charge is 0.398 e. The molecule has 3 atom stereocenters. The highest BCUT2D eigenvalue weighted by Gasteiger charge is 2.33. The van der Waals surface area contributed by atoms with Gasteiger partial charge in [-0.2, -0.15) is 0 Å². The Morgan fingerprint density at radius 1 is 1.32 bits per heavy atom. The van der Waals surface area contributed by atoms with Crippen molar-refractivity contribution in [1.82, 2.24) is 0 Å². The number of nitrogen functional groups attached to an aromatic ring is 1. The lowest BCUT2D eigenvalue weighted by atomic mass is 9.82. The predicted octanol–water partition coefficient (Wildman–Crippen LogP) is 1.91. The lowest BCUT2D eigenvalue weighted by Crippen LogP contribution is -2.30. The molecule has 106 valence electrons. The molecule has 0 aromatic heterocycles. The van der Waals surface area contributed by atoms with Gasteiger partial charge in [-0.15, -0.1) is 0 Å². The molecule has 4 nitrogen and oxygen atoms in total. The van der Waals surface area contributed by atoms with E-state index >= 15 is 0 Å². The van der Waals surface area contributed by atoms with Crippen molar-refractivity contribution in [2.75, 3.05) is 12.0 Å². The third kappa shape index (κ3) is 3.28. The van der Waals surface area contributed by atoms with E-state index in [1.807, 2.05) is 18.2 Å². The Hall–Kier alpha value is -1.07. The quantitative estimate of drug-likeness (QED) is 0.830. The zero-order valence-corrected chi connectivity index (χ0v) is 11.9. The van der Waals surface area contributed by atoms with Crippen LogP contribution in [0.2, 0.25) is 0 Å². The molecule has 2 rings (SSSR count). The fourth-order valence-corrected chi connectivity index (χ4v) is 4.08. The average Bonchev–Trinajstić information content (AvgIpc) is 2.38. The molecule has 1 aliphatic rings. The first-order chi connectivity index (χ1) is 8.89. The van der Waals surface area contributed by atoms with Crippen molar-refractivity contribution in [2.45, 2.75) is 37.0 Å². The normalized spacial score (nSPS) is 26.0. The van der Waals surface area contributed by atoms with Crippen molar-refractivity contribution < 1.29 is 13.5 Å². The second-order valence-electron chi connectivity index (χ2n) is 5.45. The second-order valence-corrected chi connectivity index (χ2v) is 7.78. The molecule has 3 unspecified atom stereocenters. The molecule has 0 radical (unpaired) electrons. The van der Waals surface area contributed by atoms with Crippen LogP contribution in [0, 0.1) is 5.92 Å². The van der Waals surface area contributed by atoms with Gasteiger partial charge in [0.15, 0.2) is 0 Å². The van der Waals surface area contributed by atoms with Crippen molar-refractivity contribution in [3.05, 3.63) is 29.8 Å². The summed E-state index contributed by atoms with van der Waals surface area (Å²) in [6, 6.07) is 7.23. The summed E-state index contributed by atoms with van der Waals surface area (Å²) in [6.45, 7) is 0. The molecule has 0 aliphatic heterocycles. The first-order valence-electron chi connectivity index (χ1n) is 6.61. The predicted molar refractivity (Wildman–Crippen MR) is 76.4 cm³/mol. The number of rotatable bonds is 3. The summed E-state index contributed by atoms with van der Waals surface area (Å²) < 4.78 is 23.3. The topological polar surface area (TPSA) is 80.4 Å². The van der Waals surface area contributed by atoms with Crippen molar-refractivity contribution >= 4 is 15.5 Å². The molecule has 3 N–H and O–H groups in total. The average molecular weight is 283 g/mol. The highest BCUT2D eigenvalue weighted by atomic mass is 32.2. The number of anilines is 1. The van der Waals surface area contributed by atoms with Gasteiger partial charge in [0.05, 0.1) is 11.4 Å². The van der Waals surface area contributed by atoms with Crippen LogP contribution in [0.1, 0.15) is 37.4 Å². The van der Waals surface area contributed by atoms with E-state index in [0.29, 0.717) is 24.1 Å². The van der Waals surface area contributed by atoms with Gasteiger partial charge < -0.3 is 10.8 Å². The maximum absolute atomic E-state index is 11.7. The lowest BCUT2D eigenvalue weighted by molar-refractivity contribution is 0.0863. The third-order valence-electron chi connectivity index (χ3n) is 4.03. The zero-order chi connectivity index (χ0) is 14.0. The maximum atomic E-state index is 11.7. The van der Waals surface area contributed by atoms with E-state index in [1.165, 1.54) is 6.26 Å². The van der Waals surface area contributed by atoms with E-state index in [-0.39, 0.29) is 11.2 Å². The molecule has 1 saturated carbocycles. The summed E-state index contributed by atoms with van der Waals surface area (Å²) in [6.07, 6.45) is 3.52. The number of aliphatic hydroxyl groups is 1. The molecule has 19 heavy (non-hydrogen) atoms. The minimum atomic E-state index is -3.03. The Bertz CT molecular complexity index is 541. The van der Waals surface area contributed by atoms with E-state index in [1.54, 1.807) is 6.07 Å². The molecule has 0 amide bonds. The van der Waals surface area contributed by atoms with Crippen molar-refractivity contribution in [1.29, 1.82) is 0 Å². The van der Waals surface area contributed by atoms with Crippen LogP contribution >= 0.6 is 0 Å². The van der Waals surface area contributed by atoms with Crippen molar-refractivity contribution in [2.24, 2.45) is 5.92 Å². The molecule has 0 saturated heterocycles. The van der Waals surface area contributed by atoms with Gasteiger partial charge in [-0.3, -0.25) is 0 Å². The summed E-state index contributed by atoms with van der Waals surface area (Å²) in [5.41, 5.74) is 7.15. The first-order valence-corrected chi connectivity index (χ1v) is 8.56. The molecule has 0 heterocycles. The van der Waals surface area contributed by atoms with Crippen LogP contribution in [0.15, 0.2) is 24.3 Å². The van der Waals surface area contributed by atoms with Gasteiger partial charge in [0, 0.05) is 17.5 Å². The minimum absolute atomic E-state index is 0.0295.